The molecule has 0 radical (unpaired) electrons. The lowest BCUT2D eigenvalue weighted by atomic mass is 9.65. The molecule has 2 bridgehead atoms. The molecular formula is C12H21NO2. The highest BCUT2D eigenvalue weighted by atomic mass is 16.4. The Morgan fingerprint density at radius 2 is 2.07 bits per heavy atom. The zero-order chi connectivity index (χ0) is 11.4. The minimum atomic E-state index is -0.843. The van der Waals surface area contributed by atoms with Gasteiger partial charge in [-0.2, -0.15) is 0 Å². The van der Waals surface area contributed by atoms with Gasteiger partial charge in [0.25, 0.3) is 0 Å². The van der Waals surface area contributed by atoms with Crippen molar-refractivity contribution in [2.45, 2.75) is 46.1 Å². The lowest BCUT2D eigenvalue weighted by Crippen LogP contribution is -2.46. The maximum absolute atomic E-state index is 11.0. The molecule has 4 atom stereocenters. The van der Waals surface area contributed by atoms with Crippen LogP contribution in [-0.4, -0.2) is 17.1 Å². The van der Waals surface area contributed by atoms with E-state index in [1.807, 2.05) is 0 Å². The molecule has 0 heterocycles. The van der Waals surface area contributed by atoms with Crippen LogP contribution in [0.15, 0.2) is 0 Å². The fraction of sp³-hybridized carbons (Fsp3) is 0.917. The molecule has 15 heavy (non-hydrogen) atoms. The molecule has 2 fully saturated rings. The van der Waals surface area contributed by atoms with E-state index in [9.17, 15) is 4.79 Å². The largest absolute Gasteiger partial charge is 0.480 e. The molecule has 2 saturated carbocycles. The van der Waals surface area contributed by atoms with E-state index in [-0.39, 0.29) is 16.7 Å². The number of fused-ring (bicyclic) bond motifs is 2. The third-order valence-corrected chi connectivity index (χ3v) is 5.58. The van der Waals surface area contributed by atoms with Gasteiger partial charge in [-0.15, -0.1) is 0 Å². The smallest absolute Gasteiger partial charge is 0.320 e. The Balaban J connectivity index is 2.30. The summed E-state index contributed by atoms with van der Waals surface area (Å²) in [6.45, 7) is 6.78. The lowest BCUT2D eigenvalue weighted by Gasteiger charge is -2.40. The molecule has 0 aromatic carbocycles. The average Bonchev–Trinajstić information content (AvgIpc) is 2.47. The summed E-state index contributed by atoms with van der Waals surface area (Å²) in [4.78, 5) is 11.0. The SMILES string of the molecule is CC1(C)[C@H]2CC[C@@]1(C)[C@@H]([C@H](N)C(=O)O)C2. The fourth-order valence-corrected chi connectivity index (χ4v) is 3.98. The molecule has 2 aliphatic carbocycles. The van der Waals surface area contributed by atoms with E-state index in [4.69, 9.17) is 10.8 Å². The van der Waals surface area contributed by atoms with Gasteiger partial charge in [-0.25, -0.2) is 0 Å². The van der Waals surface area contributed by atoms with Crippen LogP contribution in [0.25, 0.3) is 0 Å². The Kier molecular flexibility index (Phi) is 2.16. The topological polar surface area (TPSA) is 63.3 Å². The summed E-state index contributed by atoms with van der Waals surface area (Å²) in [5.74, 6) is -0.0220. The summed E-state index contributed by atoms with van der Waals surface area (Å²) in [5.41, 5.74) is 6.19. The first-order valence-corrected chi connectivity index (χ1v) is 5.79. The first-order valence-electron chi connectivity index (χ1n) is 5.79. The summed E-state index contributed by atoms with van der Waals surface area (Å²) in [6, 6.07) is -0.681. The maximum atomic E-state index is 11.0. The number of rotatable bonds is 2. The third-order valence-electron chi connectivity index (χ3n) is 5.58. The standard InChI is InChI=1S/C12H21NO2/c1-11(2)7-4-5-12(11,3)8(6-7)9(13)10(14)15/h7-9H,4-6,13H2,1-3H3,(H,14,15)/t7-,8+,9-,12-/m0/s1. The van der Waals surface area contributed by atoms with Crippen molar-refractivity contribution in [2.75, 3.05) is 0 Å². The van der Waals surface area contributed by atoms with Gasteiger partial charge in [0.15, 0.2) is 0 Å². The van der Waals surface area contributed by atoms with Crippen molar-refractivity contribution in [2.24, 2.45) is 28.4 Å². The van der Waals surface area contributed by atoms with E-state index in [2.05, 4.69) is 20.8 Å². The normalized spacial score (nSPS) is 44.3. The number of carboxylic acid groups (broad SMARTS) is 1. The third kappa shape index (κ3) is 1.19. The quantitative estimate of drug-likeness (QED) is 0.732. The van der Waals surface area contributed by atoms with E-state index in [0.29, 0.717) is 5.92 Å². The van der Waals surface area contributed by atoms with Crippen molar-refractivity contribution in [3.8, 4) is 0 Å². The minimum Gasteiger partial charge on any atom is -0.480 e. The molecule has 0 aromatic heterocycles. The van der Waals surface area contributed by atoms with Crippen molar-refractivity contribution in [3.05, 3.63) is 0 Å². The van der Waals surface area contributed by atoms with Crippen molar-refractivity contribution in [1.29, 1.82) is 0 Å². The van der Waals surface area contributed by atoms with Crippen LogP contribution < -0.4 is 5.73 Å². The Bertz CT molecular complexity index is 300. The first-order chi connectivity index (χ1) is 6.80. The summed E-state index contributed by atoms with van der Waals surface area (Å²) < 4.78 is 0. The van der Waals surface area contributed by atoms with Crippen LogP contribution in [0.4, 0.5) is 0 Å². The molecule has 0 saturated heterocycles. The van der Waals surface area contributed by atoms with Gasteiger partial charge < -0.3 is 10.8 Å². The van der Waals surface area contributed by atoms with Gasteiger partial charge in [0, 0.05) is 0 Å². The molecule has 0 spiro atoms. The number of hydrogen-bond donors (Lipinski definition) is 2. The predicted molar refractivity (Wildman–Crippen MR) is 58.3 cm³/mol. The molecular weight excluding hydrogens is 190 g/mol. The Labute approximate surface area is 91.0 Å². The molecule has 86 valence electrons. The van der Waals surface area contributed by atoms with Crippen LogP contribution >= 0.6 is 0 Å². The summed E-state index contributed by atoms with van der Waals surface area (Å²) in [6.07, 6.45) is 3.37. The number of hydrogen-bond acceptors (Lipinski definition) is 2. The summed E-state index contributed by atoms with van der Waals surface area (Å²) in [7, 11) is 0. The van der Waals surface area contributed by atoms with E-state index >= 15 is 0 Å². The van der Waals surface area contributed by atoms with Gasteiger partial charge in [-0.3, -0.25) is 4.79 Å². The predicted octanol–water partition coefficient (Wildman–Crippen LogP) is 1.86. The minimum absolute atomic E-state index is 0.121. The lowest BCUT2D eigenvalue weighted by molar-refractivity contribution is -0.141. The molecule has 0 aromatic rings. The number of carboxylic acids is 1. The highest BCUT2D eigenvalue weighted by molar-refractivity contribution is 5.73. The van der Waals surface area contributed by atoms with Crippen molar-refractivity contribution >= 4 is 5.97 Å². The van der Waals surface area contributed by atoms with Crippen LogP contribution in [0.1, 0.15) is 40.0 Å². The van der Waals surface area contributed by atoms with Crippen molar-refractivity contribution < 1.29 is 9.90 Å². The maximum Gasteiger partial charge on any atom is 0.320 e. The van der Waals surface area contributed by atoms with Gasteiger partial charge in [0.05, 0.1) is 0 Å². The van der Waals surface area contributed by atoms with Crippen LogP contribution in [-0.2, 0) is 4.79 Å². The Hall–Kier alpha value is -0.570. The van der Waals surface area contributed by atoms with E-state index in [1.165, 1.54) is 6.42 Å². The number of carbonyl (C=O) groups is 1. The second-order valence-corrected chi connectivity index (χ2v) is 6.08. The van der Waals surface area contributed by atoms with Gasteiger partial charge in [-0.1, -0.05) is 20.8 Å². The van der Waals surface area contributed by atoms with Crippen LogP contribution in [0.2, 0.25) is 0 Å². The van der Waals surface area contributed by atoms with Crippen molar-refractivity contribution in [1.82, 2.24) is 0 Å². The van der Waals surface area contributed by atoms with E-state index in [0.717, 1.165) is 12.8 Å². The monoisotopic (exact) mass is 211 g/mol. The number of aliphatic carboxylic acids is 1. The molecule has 0 amide bonds. The molecule has 3 heteroatoms. The van der Waals surface area contributed by atoms with Crippen LogP contribution in [0.3, 0.4) is 0 Å². The fourth-order valence-electron chi connectivity index (χ4n) is 3.98. The van der Waals surface area contributed by atoms with Crippen molar-refractivity contribution in [3.63, 3.8) is 0 Å². The highest BCUT2D eigenvalue weighted by Gasteiger charge is 2.63. The molecule has 0 unspecified atom stereocenters. The molecule has 0 aliphatic heterocycles. The van der Waals surface area contributed by atoms with Gasteiger partial charge >= 0.3 is 5.97 Å². The van der Waals surface area contributed by atoms with E-state index < -0.39 is 12.0 Å². The zero-order valence-electron chi connectivity index (χ0n) is 9.79. The van der Waals surface area contributed by atoms with Gasteiger partial charge in [-0.05, 0) is 41.9 Å². The second-order valence-electron chi connectivity index (χ2n) is 6.08. The van der Waals surface area contributed by atoms with Crippen LogP contribution in [0, 0.1) is 22.7 Å². The van der Waals surface area contributed by atoms with Gasteiger partial charge in [0.2, 0.25) is 0 Å². The highest BCUT2D eigenvalue weighted by Crippen LogP contribution is 2.68. The molecule has 3 N–H and O–H groups in total. The summed E-state index contributed by atoms with van der Waals surface area (Å²) in [5, 5.41) is 9.03. The second kappa shape index (κ2) is 2.97. The van der Waals surface area contributed by atoms with Gasteiger partial charge in [0.1, 0.15) is 6.04 Å². The average molecular weight is 211 g/mol. The van der Waals surface area contributed by atoms with E-state index in [1.54, 1.807) is 0 Å². The molecule has 3 nitrogen and oxygen atoms in total. The van der Waals surface area contributed by atoms with Crippen LogP contribution in [0.5, 0.6) is 0 Å². The Morgan fingerprint density at radius 3 is 2.40 bits per heavy atom. The summed E-state index contributed by atoms with van der Waals surface area (Å²) >= 11 is 0. The zero-order valence-corrected chi connectivity index (χ0v) is 9.79. The first kappa shape index (κ1) is 10.9. The Morgan fingerprint density at radius 1 is 1.47 bits per heavy atom. The molecule has 2 aliphatic rings. The molecule has 2 rings (SSSR count). The number of nitrogens with two attached hydrogens (primary N) is 1.